The Kier molecular flexibility index (Phi) is 5.17. The van der Waals surface area contributed by atoms with Gasteiger partial charge in [-0.05, 0) is 57.0 Å². The lowest BCUT2D eigenvalue weighted by Crippen LogP contribution is -2.28. The van der Waals surface area contributed by atoms with Crippen molar-refractivity contribution in [2.24, 2.45) is 0 Å². The van der Waals surface area contributed by atoms with Gasteiger partial charge in [-0.15, -0.1) is 0 Å². The van der Waals surface area contributed by atoms with E-state index in [1.807, 2.05) is 33.8 Å². The van der Waals surface area contributed by atoms with Gasteiger partial charge in [-0.25, -0.2) is 4.79 Å². The van der Waals surface area contributed by atoms with Gasteiger partial charge < -0.3 is 13.3 Å². The summed E-state index contributed by atoms with van der Waals surface area (Å²) in [5, 5.41) is 0.661. The Hall–Kier alpha value is -3.06. The number of ether oxygens (including phenoxy) is 1. The van der Waals surface area contributed by atoms with Crippen LogP contribution in [0.15, 0.2) is 56.6 Å². The monoisotopic (exact) mass is 440 g/mol. The van der Waals surface area contributed by atoms with E-state index in [-0.39, 0.29) is 16.2 Å². The predicted octanol–water partition coefficient (Wildman–Crippen LogP) is 5.01. The minimum absolute atomic E-state index is 0.0363. The molecule has 0 atom stereocenters. The van der Waals surface area contributed by atoms with E-state index in [1.165, 1.54) is 24.3 Å². The molecule has 0 saturated carbocycles. The van der Waals surface area contributed by atoms with Gasteiger partial charge in [0.15, 0.2) is 5.75 Å². The third-order valence-corrected chi connectivity index (χ3v) is 6.36. The van der Waals surface area contributed by atoms with Crippen molar-refractivity contribution in [1.82, 2.24) is 0 Å². The topological polar surface area (TPSA) is 82.8 Å². The van der Waals surface area contributed by atoms with E-state index >= 15 is 0 Å². The number of benzene rings is 2. The van der Waals surface area contributed by atoms with E-state index in [4.69, 9.17) is 13.3 Å². The van der Waals surface area contributed by atoms with Crippen LogP contribution in [0, 0.1) is 6.92 Å². The first kappa shape index (κ1) is 21.2. The zero-order chi connectivity index (χ0) is 22.4. The molecule has 2 aromatic carbocycles. The van der Waals surface area contributed by atoms with Gasteiger partial charge in [-0.1, -0.05) is 31.0 Å². The van der Waals surface area contributed by atoms with E-state index < -0.39 is 21.3 Å². The summed E-state index contributed by atoms with van der Waals surface area (Å²) in [6.07, 6.45) is 5.11. The van der Waals surface area contributed by atoms with Crippen LogP contribution < -0.4 is 14.5 Å². The lowest BCUT2D eigenvalue weighted by atomic mass is 9.96. The fourth-order valence-corrected chi connectivity index (χ4v) is 4.56. The molecule has 0 saturated heterocycles. The molecule has 0 N–H and O–H groups in total. The van der Waals surface area contributed by atoms with Crippen molar-refractivity contribution in [3.8, 4) is 11.5 Å². The van der Waals surface area contributed by atoms with Gasteiger partial charge in [0.05, 0.1) is 10.9 Å². The second-order valence-corrected chi connectivity index (χ2v) is 9.77. The van der Waals surface area contributed by atoms with Crippen molar-refractivity contribution >= 4 is 27.2 Å². The lowest BCUT2D eigenvalue weighted by Gasteiger charge is -2.30. The zero-order valence-corrected chi connectivity index (χ0v) is 18.7. The van der Waals surface area contributed by atoms with E-state index in [9.17, 15) is 13.2 Å². The summed E-state index contributed by atoms with van der Waals surface area (Å²) in [5.41, 5.74) is 1.33. The number of hydrogen-bond acceptors (Lipinski definition) is 6. The molecule has 0 fully saturated rings. The highest BCUT2D eigenvalue weighted by atomic mass is 32.2. The van der Waals surface area contributed by atoms with Crippen LogP contribution >= 0.6 is 0 Å². The Bertz CT molecular complexity index is 1350. The Morgan fingerprint density at radius 2 is 1.81 bits per heavy atom. The van der Waals surface area contributed by atoms with Gasteiger partial charge in [-0.2, -0.15) is 8.42 Å². The summed E-state index contributed by atoms with van der Waals surface area (Å²) in [5.74, 6) is 0.498. The fourth-order valence-electron chi connectivity index (χ4n) is 3.62. The van der Waals surface area contributed by atoms with Gasteiger partial charge >= 0.3 is 15.7 Å². The minimum atomic E-state index is -4.10. The number of hydrogen-bond donors (Lipinski definition) is 0. The van der Waals surface area contributed by atoms with Crippen LogP contribution in [0.4, 0.5) is 0 Å². The summed E-state index contributed by atoms with van der Waals surface area (Å²) in [6.45, 7) is 7.68. The van der Waals surface area contributed by atoms with Gasteiger partial charge in [-0.3, -0.25) is 0 Å². The molecule has 6 nitrogen and oxygen atoms in total. The fraction of sp³-hybridized carbons (Fsp3) is 0.292. The first-order valence-corrected chi connectivity index (χ1v) is 11.5. The van der Waals surface area contributed by atoms with Gasteiger partial charge in [0, 0.05) is 12.1 Å². The zero-order valence-electron chi connectivity index (χ0n) is 17.9. The maximum atomic E-state index is 12.9. The lowest BCUT2D eigenvalue weighted by molar-refractivity contribution is 0.161. The Balaban J connectivity index is 1.94. The molecule has 2 heterocycles. The molecule has 3 aromatic rings. The van der Waals surface area contributed by atoms with Crippen LogP contribution in [-0.2, 0) is 16.5 Å². The average molecular weight is 441 g/mol. The molecule has 0 bridgehead atoms. The smallest absolute Gasteiger partial charge is 0.339 e. The molecule has 1 aromatic heterocycles. The third kappa shape index (κ3) is 4.10. The first-order valence-electron chi connectivity index (χ1n) is 10.1. The molecule has 162 valence electrons. The van der Waals surface area contributed by atoms with Crippen molar-refractivity contribution in [3.05, 3.63) is 69.6 Å². The largest absolute Gasteiger partial charge is 0.482 e. The minimum Gasteiger partial charge on any atom is -0.482 e. The highest BCUT2D eigenvalue weighted by Crippen LogP contribution is 2.44. The second kappa shape index (κ2) is 7.57. The van der Waals surface area contributed by atoms with Crippen molar-refractivity contribution in [3.63, 3.8) is 0 Å². The van der Waals surface area contributed by atoms with Crippen LogP contribution in [-0.4, -0.2) is 14.0 Å². The molecule has 7 heteroatoms. The second-order valence-electron chi connectivity index (χ2n) is 8.22. The molecule has 4 rings (SSSR count). The normalized spacial score (nSPS) is 14.8. The highest BCUT2D eigenvalue weighted by Gasteiger charge is 2.30. The third-order valence-electron chi connectivity index (χ3n) is 5.11. The SMILES string of the molecule is CCCc1cc(=O)oc2cc(OS(=O)(=O)c3ccc(C)cc3)c3c(c12)OC(C)(C)C=C3. The van der Waals surface area contributed by atoms with E-state index in [0.717, 1.165) is 17.5 Å². The first-order chi connectivity index (χ1) is 14.6. The van der Waals surface area contributed by atoms with E-state index in [0.29, 0.717) is 23.1 Å². The van der Waals surface area contributed by atoms with Crippen molar-refractivity contribution < 1.29 is 21.8 Å². The molecular weight excluding hydrogens is 416 g/mol. The molecule has 0 radical (unpaired) electrons. The van der Waals surface area contributed by atoms with Crippen LogP contribution in [0.3, 0.4) is 0 Å². The van der Waals surface area contributed by atoms with E-state index in [1.54, 1.807) is 18.2 Å². The summed E-state index contributed by atoms with van der Waals surface area (Å²) in [7, 11) is -4.10. The van der Waals surface area contributed by atoms with E-state index in [2.05, 4.69) is 0 Å². The van der Waals surface area contributed by atoms with Crippen molar-refractivity contribution in [2.75, 3.05) is 0 Å². The van der Waals surface area contributed by atoms with Crippen LogP contribution in [0.5, 0.6) is 11.5 Å². The Morgan fingerprint density at radius 1 is 1.10 bits per heavy atom. The highest BCUT2D eigenvalue weighted by molar-refractivity contribution is 7.87. The summed E-state index contributed by atoms with van der Waals surface area (Å²) >= 11 is 0. The molecular formula is C24H24O6S. The molecule has 1 aliphatic rings. The van der Waals surface area contributed by atoms with Gasteiger partial charge in [0.25, 0.3) is 0 Å². The standard InChI is InChI=1S/C24H24O6S/c1-5-6-16-13-21(25)28-20-14-19(18-11-12-24(3,4)29-23(18)22(16)20)30-31(26,27)17-9-7-15(2)8-10-17/h7-14H,5-6H2,1-4H3. The molecule has 0 aliphatic carbocycles. The number of aryl methyl sites for hydroxylation is 2. The molecule has 0 amide bonds. The molecule has 31 heavy (non-hydrogen) atoms. The van der Waals surface area contributed by atoms with Crippen LogP contribution in [0.25, 0.3) is 17.0 Å². The van der Waals surface area contributed by atoms with Crippen molar-refractivity contribution in [2.45, 2.75) is 51.0 Å². The Morgan fingerprint density at radius 3 is 2.48 bits per heavy atom. The number of rotatable bonds is 5. The predicted molar refractivity (Wildman–Crippen MR) is 119 cm³/mol. The van der Waals surface area contributed by atoms with Gasteiger partial charge in [0.1, 0.15) is 21.8 Å². The summed E-state index contributed by atoms with van der Waals surface area (Å²) in [6, 6.07) is 9.30. The summed E-state index contributed by atoms with van der Waals surface area (Å²) in [4.78, 5) is 12.2. The maximum Gasteiger partial charge on any atom is 0.339 e. The quantitative estimate of drug-likeness (QED) is 0.410. The Labute approximate surface area is 181 Å². The molecule has 0 spiro atoms. The molecule has 0 unspecified atom stereocenters. The molecule has 1 aliphatic heterocycles. The van der Waals surface area contributed by atoms with Crippen LogP contribution in [0.2, 0.25) is 0 Å². The van der Waals surface area contributed by atoms with Gasteiger partial charge in [0.2, 0.25) is 0 Å². The van der Waals surface area contributed by atoms with Crippen LogP contribution in [0.1, 0.15) is 43.9 Å². The average Bonchev–Trinajstić information content (AvgIpc) is 2.67. The van der Waals surface area contributed by atoms with Crippen molar-refractivity contribution in [1.29, 1.82) is 0 Å². The maximum absolute atomic E-state index is 12.9. The summed E-state index contributed by atoms with van der Waals surface area (Å²) < 4.78 is 43.0. The number of fused-ring (bicyclic) bond motifs is 3.